The molecule has 1 heterocycles. The number of ether oxygens (including phenoxy) is 1. The van der Waals surface area contributed by atoms with Gasteiger partial charge >= 0.3 is 5.97 Å². The topological polar surface area (TPSA) is 31.2 Å². The molecular weight excluding hydrogens is 286 g/mol. The molecule has 0 atom stereocenters. The van der Waals surface area contributed by atoms with E-state index in [9.17, 15) is 4.79 Å². The molecule has 3 nitrogen and oxygen atoms in total. The number of aromatic nitrogens is 1. The zero-order chi connectivity index (χ0) is 14.8. The van der Waals surface area contributed by atoms with Gasteiger partial charge in [0.25, 0.3) is 0 Å². The monoisotopic (exact) mass is 299 g/mol. The highest BCUT2D eigenvalue weighted by molar-refractivity contribution is 6.31. The highest BCUT2D eigenvalue weighted by Gasteiger charge is 2.09. The summed E-state index contributed by atoms with van der Waals surface area (Å²) in [6.45, 7) is 0.661. The summed E-state index contributed by atoms with van der Waals surface area (Å²) >= 11 is 6.21. The van der Waals surface area contributed by atoms with E-state index in [1.807, 2.05) is 48.7 Å². The van der Waals surface area contributed by atoms with Crippen LogP contribution in [0.5, 0.6) is 0 Å². The molecule has 106 valence electrons. The van der Waals surface area contributed by atoms with Crippen molar-refractivity contribution in [1.29, 1.82) is 0 Å². The van der Waals surface area contributed by atoms with Crippen molar-refractivity contribution in [2.45, 2.75) is 6.54 Å². The molecule has 3 aromatic rings. The van der Waals surface area contributed by atoms with E-state index in [0.717, 1.165) is 21.5 Å². The number of carbonyl (C=O) groups is 1. The number of nitrogens with zero attached hydrogens (tertiary/aromatic N) is 1. The first-order valence-corrected chi connectivity index (χ1v) is 6.97. The maximum absolute atomic E-state index is 11.7. The lowest BCUT2D eigenvalue weighted by atomic mass is 10.1. The van der Waals surface area contributed by atoms with Crippen LogP contribution in [0.15, 0.2) is 54.7 Å². The van der Waals surface area contributed by atoms with Gasteiger partial charge in [-0.3, -0.25) is 0 Å². The molecule has 0 saturated carbocycles. The average Bonchev–Trinajstić information content (AvgIpc) is 2.91. The number of hydrogen-bond acceptors (Lipinski definition) is 2. The van der Waals surface area contributed by atoms with Crippen LogP contribution in [0.1, 0.15) is 15.9 Å². The molecule has 1 aromatic heterocycles. The molecular formula is C17H14ClNO2. The predicted molar refractivity (Wildman–Crippen MR) is 83.8 cm³/mol. The Balaban J connectivity index is 2.03. The molecule has 2 aromatic carbocycles. The maximum atomic E-state index is 11.7. The summed E-state index contributed by atoms with van der Waals surface area (Å²) in [5.41, 5.74) is 2.57. The second-order valence-electron chi connectivity index (χ2n) is 4.80. The Morgan fingerprint density at radius 1 is 1.19 bits per heavy atom. The largest absolute Gasteiger partial charge is 0.465 e. The SMILES string of the molecule is COC(=O)c1ccc2ccn(Cc3ccccc3Cl)c2c1. The Bertz CT molecular complexity index is 807. The zero-order valence-corrected chi connectivity index (χ0v) is 12.3. The molecule has 0 radical (unpaired) electrons. The van der Waals surface area contributed by atoms with Gasteiger partial charge in [-0.25, -0.2) is 4.79 Å². The van der Waals surface area contributed by atoms with Crippen molar-refractivity contribution in [1.82, 2.24) is 4.57 Å². The van der Waals surface area contributed by atoms with Crippen LogP contribution in [0.25, 0.3) is 10.9 Å². The summed E-state index contributed by atoms with van der Waals surface area (Å²) in [6, 6.07) is 15.3. The van der Waals surface area contributed by atoms with Crippen LogP contribution in [-0.4, -0.2) is 17.6 Å². The molecule has 0 aliphatic heterocycles. The van der Waals surface area contributed by atoms with Gasteiger partial charge in [-0.1, -0.05) is 35.9 Å². The first kappa shape index (κ1) is 13.7. The minimum absolute atomic E-state index is 0.331. The highest BCUT2D eigenvalue weighted by Crippen LogP contribution is 2.22. The third kappa shape index (κ3) is 2.65. The lowest BCUT2D eigenvalue weighted by molar-refractivity contribution is 0.0601. The molecule has 4 heteroatoms. The van der Waals surface area contributed by atoms with E-state index in [1.165, 1.54) is 7.11 Å². The summed E-state index contributed by atoms with van der Waals surface area (Å²) in [4.78, 5) is 11.7. The number of esters is 1. The molecule has 0 bridgehead atoms. The Morgan fingerprint density at radius 3 is 2.76 bits per heavy atom. The van der Waals surface area contributed by atoms with E-state index in [4.69, 9.17) is 16.3 Å². The molecule has 0 fully saturated rings. The Morgan fingerprint density at radius 2 is 2.00 bits per heavy atom. The average molecular weight is 300 g/mol. The summed E-state index contributed by atoms with van der Waals surface area (Å²) in [7, 11) is 1.38. The first-order valence-electron chi connectivity index (χ1n) is 6.59. The van der Waals surface area contributed by atoms with Crippen molar-refractivity contribution in [3.63, 3.8) is 0 Å². The van der Waals surface area contributed by atoms with Gasteiger partial charge in [-0.2, -0.15) is 0 Å². The number of fused-ring (bicyclic) bond motifs is 1. The van der Waals surface area contributed by atoms with Crippen molar-refractivity contribution in [3.8, 4) is 0 Å². The number of rotatable bonds is 3. The van der Waals surface area contributed by atoms with Crippen molar-refractivity contribution in [2.75, 3.05) is 7.11 Å². The number of halogens is 1. The fraction of sp³-hybridized carbons (Fsp3) is 0.118. The van der Waals surface area contributed by atoms with Crippen LogP contribution in [0.3, 0.4) is 0 Å². The van der Waals surface area contributed by atoms with Gasteiger partial charge in [-0.05, 0) is 35.2 Å². The third-order valence-electron chi connectivity index (χ3n) is 3.49. The van der Waals surface area contributed by atoms with Crippen molar-refractivity contribution >= 4 is 28.5 Å². The fourth-order valence-corrected chi connectivity index (χ4v) is 2.57. The Hall–Kier alpha value is -2.26. The lowest BCUT2D eigenvalue weighted by Gasteiger charge is -2.08. The molecule has 0 spiro atoms. The minimum Gasteiger partial charge on any atom is -0.465 e. The minimum atomic E-state index is -0.331. The standard InChI is InChI=1S/C17H14ClNO2/c1-21-17(20)13-7-6-12-8-9-19(16(12)10-13)11-14-4-2-3-5-15(14)18/h2-10H,11H2,1H3. The van der Waals surface area contributed by atoms with Crippen molar-refractivity contribution in [3.05, 3.63) is 70.9 Å². The smallest absolute Gasteiger partial charge is 0.337 e. The molecule has 3 rings (SSSR count). The lowest BCUT2D eigenvalue weighted by Crippen LogP contribution is -2.02. The van der Waals surface area contributed by atoms with Crippen LogP contribution in [0.2, 0.25) is 5.02 Å². The van der Waals surface area contributed by atoms with Gasteiger partial charge in [0.05, 0.1) is 12.7 Å². The van der Waals surface area contributed by atoms with E-state index < -0.39 is 0 Å². The van der Waals surface area contributed by atoms with Gasteiger partial charge in [0.15, 0.2) is 0 Å². The predicted octanol–water partition coefficient (Wildman–Crippen LogP) is 4.13. The summed E-state index contributed by atoms with van der Waals surface area (Å²) < 4.78 is 6.84. The van der Waals surface area contributed by atoms with Crippen molar-refractivity contribution in [2.24, 2.45) is 0 Å². The van der Waals surface area contributed by atoms with E-state index in [0.29, 0.717) is 12.1 Å². The van der Waals surface area contributed by atoms with E-state index >= 15 is 0 Å². The molecule has 0 amide bonds. The molecule has 0 N–H and O–H groups in total. The molecule has 0 saturated heterocycles. The second-order valence-corrected chi connectivity index (χ2v) is 5.21. The van der Waals surface area contributed by atoms with Gasteiger partial charge < -0.3 is 9.30 Å². The molecule has 0 aliphatic rings. The second kappa shape index (κ2) is 5.62. The Kier molecular flexibility index (Phi) is 3.67. The zero-order valence-electron chi connectivity index (χ0n) is 11.5. The first-order chi connectivity index (χ1) is 10.2. The number of benzene rings is 2. The van der Waals surface area contributed by atoms with Crippen LogP contribution in [0.4, 0.5) is 0 Å². The summed E-state index contributed by atoms with van der Waals surface area (Å²) in [5, 5.41) is 1.82. The molecule has 21 heavy (non-hydrogen) atoms. The van der Waals surface area contributed by atoms with Gasteiger partial charge in [-0.15, -0.1) is 0 Å². The normalized spacial score (nSPS) is 10.8. The maximum Gasteiger partial charge on any atom is 0.337 e. The molecule has 0 aliphatic carbocycles. The third-order valence-corrected chi connectivity index (χ3v) is 3.86. The van der Waals surface area contributed by atoms with Crippen LogP contribution >= 0.6 is 11.6 Å². The van der Waals surface area contributed by atoms with E-state index in [1.54, 1.807) is 6.07 Å². The van der Waals surface area contributed by atoms with Gasteiger partial charge in [0.1, 0.15) is 0 Å². The van der Waals surface area contributed by atoms with E-state index in [-0.39, 0.29) is 5.97 Å². The number of hydrogen-bond donors (Lipinski definition) is 0. The summed E-state index contributed by atoms with van der Waals surface area (Å²) in [5.74, 6) is -0.331. The number of methoxy groups -OCH3 is 1. The highest BCUT2D eigenvalue weighted by atomic mass is 35.5. The fourth-order valence-electron chi connectivity index (χ4n) is 2.38. The van der Waals surface area contributed by atoms with Crippen LogP contribution in [-0.2, 0) is 11.3 Å². The number of carbonyl (C=O) groups excluding carboxylic acids is 1. The van der Waals surface area contributed by atoms with Gasteiger partial charge in [0.2, 0.25) is 0 Å². The Labute approximate surface area is 127 Å². The molecule has 0 unspecified atom stereocenters. The van der Waals surface area contributed by atoms with Crippen LogP contribution < -0.4 is 0 Å². The summed E-state index contributed by atoms with van der Waals surface area (Å²) in [6.07, 6.45) is 2.00. The van der Waals surface area contributed by atoms with Crippen LogP contribution in [0, 0.1) is 0 Å². The van der Waals surface area contributed by atoms with E-state index in [2.05, 4.69) is 4.57 Å². The van der Waals surface area contributed by atoms with Gasteiger partial charge in [0, 0.05) is 23.3 Å². The quantitative estimate of drug-likeness (QED) is 0.681. The van der Waals surface area contributed by atoms with Crippen molar-refractivity contribution < 1.29 is 9.53 Å².